The minimum atomic E-state index is -0.167. The van der Waals surface area contributed by atoms with Crippen molar-refractivity contribution in [3.8, 4) is 0 Å². The second-order valence-electron chi connectivity index (χ2n) is 9.78. The quantitative estimate of drug-likeness (QED) is 0.469. The Kier molecular flexibility index (Phi) is 17.5. The van der Waals surface area contributed by atoms with Crippen molar-refractivity contribution < 1.29 is 5.11 Å². The molecule has 0 aromatic heterocycles. The summed E-state index contributed by atoms with van der Waals surface area (Å²) in [5.74, 6) is 1.71. The minimum Gasteiger partial charge on any atom is -0.394 e. The predicted molar refractivity (Wildman–Crippen MR) is 118 cm³/mol. The second kappa shape index (κ2) is 14.8. The molecule has 0 saturated heterocycles. The smallest absolute Gasteiger partial charge is 0.0483 e. The van der Waals surface area contributed by atoms with E-state index in [0.717, 1.165) is 11.8 Å². The molecular weight excluding hydrogens is 304 g/mol. The van der Waals surface area contributed by atoms with Crippen molar-refractivity contribution in [2.24, 2.45) is 22.7 Å². The summed E-state index contributed by atoms with van der Waals surface area (Å²) in [6, 6.07) is 0. The third-order valence-corrected chi connectivity index (χ3v) is 4.66. The lowest BCUT2D eigenvalue weighted by Gasteiger charge is -2.38. The van der Waals surface area contributed by atoms with Crippen molar-refractivity contribution in [2.45, 2.75) is 121 Å². The summed E-state index contributed by atoms with van der Waals surface area (Å²) in [5, 5.41) is 8.06. The fourth-order valence-electron chi connectivity index (χ4n) is 2.42. The largest absolute Gasteiger partial charge is 0.394 e. The standard InChI is InChI=1S/C13H24.C6H14.C3H8O.C2H6/c1-10(2)11-7-6-8-12(9-11)13(3,4)5;1-5-6(2,3)4;1-3(2)4;1-2/h11-12H,1,6-9H2,2-5H3;5H2,1-4H3;3-4H,1-2H3;1-2H3. The molecule has 1 saturated carbocycles. The summed E-state index contributed by atoms with van der Waals surface area (Å²) in [5.41, 5.74) is 2.43. The molecular formula is C24H52O. The van der Waals surface area contributed by atoms with Gasteiger partial charge in [0.15, 0.2) is 0 Å². The van der Waals surface area contributed by atoms with Crippen LogP contribution in [-0.4, -0.2) is 11.2 Å². The van der Waals surface area contributed by atoms with Crippen molar-refractivity contribution in [3.63, 3.8) is 0 Å². The summed E-state index contributed by atoms with van der Waals surface area (Å²) in [4.78, 5) is 0. The Morgan fingerprint density at radius 1 is 1.04 bits per heavy atom. The van der Waals surface area contributed by atoms with E-state index in [9.17, 15) is 0 Å². The fraction of sp³-hybridized carbons (Fsp3) is 0.917. The molecule has 0 heterocycles. The molecule has 0 aliphatic heterocycles. The van der Waals surface area contributed by atoms with E-state index in [4.69, 9.17) is 5.11 Å². The second-order valence-corrected chi connectivity index (χ2v) is 9.78. The first-order valence-corrected chi connectivity index (χ1v) is 10.5. The van der Waals surface area contributed by atoms with Crippen LogP contribution >= 0.6 is 0 Å². The van der Waals surface area contributed by atoms with Gasteiger partial charge in [-0.2, -0.15) is 0 Å². The van der Waals surface area contributed by atoms with Gasteiger partial charge in [0.25, 0.3) is 0 Å². The van der Waals surface area contributed by atoms with E-state index in [-0.39, 0.29) is 6.10 Å². The number of hydrogen-bond acceptors (Lipinski definition) is 1. The molecule has 1 aliphatic rings. The first kappa shape index (κ1) is 29.5. The lowest BCUT2D eigenvalue weighted by Crippen LogP contribution is -2.27. The number of rotatable bonds is 1. The van der Waals surface area contributed by atoms with Gasteiger partial charge in [0.1, 0.15) is 0 Å². The molecule has 1 nitrogen and oxygen atoms in total. The highest BCUT2D eigenvalue weighted by Gasteiger charge is 2.30. The average Bonchev–Trinajstić information content (AvgIpc) is 2.48. The summed E-state index contributed by atoms with van der Waals surface area (Å²) in [6.45, 7) is 29.8. The van der Waals surface area contributed by atoms with Gasteiger partial charge in [-0.1, -0.05) is 87.3 Å². The van der Waals surface area contributed by atoms with Crippen LogP contribution in [0, 0.1) is 22.7 Å². The Balaban J connectivity index is -0.000000337. The van der Waals surface area contributed by atoms with Crippen LogP contribution < -0.4 is 0 Å². The molecule has 2 unspecified atom stereocenters. The lowest BCUT2D eigenvalue weighted by atomic mass is 9.68. The number of allylic oxidation sites excluding steroid dienone is 1. The fourth-order valence-corrected chi connectivity index (χ4v) is 2.42. The van der Waals surface area contributed by atoms with Gasteiger partial charge < -0.3 is 5.11 Å². The predicted octanol–water partition coefficient (Wildman–Crippen LogP) is 8.27. The van der Waals surface area contributed by atoms with Crippen LogP contribution in [0.4, 0.5) is 0 Å². The van der Waals surface area contributed by atoms with Crippen molar-refractivity contribution in [2.75, 3.05) is 0 Å². The van der Waals surface area contributed by atoms with E-state index in [2.05, 4.69) is 62.0 Å². The molecule has 25 heavy (non-hydrogen) atoms. The first-order chi connectivity index (χ1) is 11.2. The van der Waals surface area contributed by atoms with Crippen molar-refractivity contribution in [1.82, 2.24) is 0 Å². The highest BCUT2D eigenvalue weighted by molar-refractivity contribution is 4.99. The van der Waals surface area contributed by atoms with Gasteiger partial charge in [-0.05, 0) is 62.7 Å². The molecule has 1 fully saturated rings. The Bertz CT molecular complexity index is 298. The van der Waals surface area contributed by atoms with Crippen molar-refractivity contribution in [3.05, 3.63) is 12.2 Å². The van der Waals surface area contributed by atoms with E-state index >= 15 is 0 Å². The molecule has 0 amide bonds. The normalized spacial score (nSPS) is 20.2. The van der Waals surface area contributed by atoms with E-state index in [1.165, 1.54) is 37.7 Å². The molecule has 1 N–H and O–H groups in total. The van der Waals surface area contributed by atoms with Crippen LogP contribution in [0.15, 0.2) is 12.2 Å². The maximum atomic E-state index is 8.06. The molecule has 0 spiro atoms. The lowest BCUT2D eigenvalue weighted by molar-refractivity contribution is 0.154. The van der Waals surface area contributed by atoms with Crippen LogP contribution in [0.25, 0.3) is 0 Å². The molecule has 154 valence electrons. The molecule has 0 aromatic carbocycles. The molecule has 2 atom stereocenters. The third-order valence-electron chi connectivity index (χ3n) is 4.66. The van der Waals surface area contributed by atoms with Crippen LogP contribution in [0.5, 0.6) is 0 Å². The maximum absolute atomic E-state index is 8.06. The van der Waals surface area contributed by atoms with E-state index in [0.29, 0.717) is 10.8 Å². The van der Waals surface area contributed by atoms with Gasteiger partial charge >= 0.3 is 0 Å². The highest BCUT2D eigenvalue weighted by atomic mass is 16.3. The number of aliphatic hydroxyl groups excluding tert-OH is 1. The van der Waals surface area contributed by atoms with E-state index in [1.54, 1.807) is 13.8 Å². The Hall–Kier alpha value is -0.300. The van der Waals surface area contributed by atoms with Crippen LogP contribution in [-0.2, 0) is 0 Å². The SMILES string of the molecule is C=C(C)C1CCCC(C(C)(C)C)C1.CC.CC(C)O.CCC(C)(C)C. The van der Waals surface area contributed by atoms with E-state index < -0.39 is 0 Å². The van der Waals surface area contributed by atoms with Gasteiger partial charge in [-0.3, -0.25) is 0 Å². The van der Waals surface area contributed by atoms with Crippen LogP contribution in [0.1, 0.15) is 115 Å². The molecule has 1 aliphatic carbocycles. The summed E-state index contributed by atoms with van der Waals surface area (Å²) < 4.78 is 0. The molecule has 0 aromatic rings. The van der Waals surface area contributed by atoms with Crippen LogP contribution in [0.2, 0.25) is 0 Å². The molecule has 0 radical (unpaired) electrons. The molecule has 1 rings (SSSR count). The Morgan fingerprint density at radius 2 is 1.40 bits per heavy atom. The number of aliphatic hydroxyl groups is 1. The molecule has 0 bridgehead atoms. The third kappa shape index (κ3) is 21.7. The average molecular weight is 357 g/mol. The summed E-state index contributed by atoms with van der Waals surface area (Å²) in [7, 11) is 0. The highest BCUT2D eigenvalue weighted by Crippen LogP contribution is 2.41. The Labute approximate surface area is 161 Å². The van der Waals surface area contributed by atoms with Gasteiger partial charge in [0, 0.05) is 6.10 Å². The topological polar surface area (TPSA) is 20.2 Å². The zero-order valence-corrected chi connectivity index (χ0v) is 19.9. The van der Waals surface area contributed by atoms with Crippen LogP contribution in [0.3, 0.4) is 0 Å². The molecule has 1 heteroatoms. The monoisotopic (exact) mass is 356 g/mol. The first-order valence-electron chi connectivity index (χ1n) is 10.5. The van der Waals surface area contributed by atoms with Gasteiger partial charge in [0.05, 0.1) is 0 Å². The summed E-state index contributed by atoms with van der Waals surface area (Å²) in [6.07, 6.45) is 6.68. The van der Waals surface area contributed by atoms with Gasteiger partial charge in [-0.15, -0.1) is 0 Å². The summed E-state index contributed by atoms with van der Waals surface area (Å²) >= 11 is 0. The van der Waals surface area contributed by atoms with Crippen molar-refractivity contribution in [1.29, 1.82) is 0 Å². The maximum Gasteiger partial charge on any atom is 0.0483 e. The van der Waals surface area contributed by atoms with Gasteiger partial charge in [0.2, 0.25) is 0 Å². The number of hydrogen-bond donors (Lipinski definition) is 1. The zero-order chi connectivity index (χ0) is 20.8. The minimum absolute atomic E-state index is 0.167. The van der Waals surface area contributed by atoms with Gasteiger partial charge in [-0.25, -0.2) is 0 Å². The van der Waals surface area contributed by atoms with Crippen molar-refractivity contribution >= 4 is 0 Å². The van der Waals surface area contributed by atoms with E-state index in [1.807, 2.05) is 13.8 Å². The zero-order valence-electron chi connectivity index (χ0n) is 19.9. The Morgan fingerprint density at radius 3 is 1.64 bits per heavy atom.